The second-order valence-electron chi connectivity index (χ2n) is 4.93. The van der Waals surface area contributed by atoms with E-state index < -0.39 is 0 Å². The van der Waals surface area contributed by atoms with Crippen LogP contribution in [0.5, 0.6) is 0 Å². The number of nitrogens with two attached hydrogens (primary N) is 1. The molecule has 0 spiro atoms. The summed E-state index contributed by atoms with van der Waals surface area (Å²) in [6.07, 6.45) is 2.31. The molecule has 4 nitrogen and oxygen atoms in total. The van der Waals surface area contributed by atoms with Crippen LogP contribution in [0, 0.1) is 11.2 Å². The van der Waals surface area contributed by atoms with E-state index in [0.717, 1.165) is 25.9 Å². The van der Waals surface area contributed by atoms with Gasteiger partial charge < -0.3 is 10.5 Å². The summed E-state index contributed by atoms with van der Waals surface area (Å²) in [6.45, 7) is 2.44. The number of nitrogen functional groups attached to an aromatic ring is 1. The molecule has 1 aromatic rings. The smallest absolute Gasteiger partial charge is 0.128 e. The van der Waals surface area contributed by atoms with E-state index in [0.29, 0.717) is 23.8 Å². The summed E-state index contributed by atoms with van der Waals surface area (Å²) in [5.41, 5.74) is 6.42. The maximum atomic E-state index is 13.9. The fourth-order valence-electron chi connectivity index (χ4n) is 2.39. The summed E-state index contributed by atoms with van der Waals surface area (Å²) in [7, 11) is 1.74. The Morgan fingerprint density at radius 1 is 1.47 bits per heavy atom. The summed E-state index contributed by atoms with van der Waals surface area (Å²) in [5, 5.41) is 7.29. The Labute approximate surface area is 112 Å². The number of hydrogen-bond acceptors (Lipinski definition) is 3. The maximum absolute atomic E-state index is 13.9. The normalized spacial score (nSPS) is 17.6. The largest absolute Gasteiger partial charge is 0.384 e. The van der Waals surface area contributed by atoms with Crippen LogP contribution in [0.3, 0.4) is 0 Å². The van der Waals surface area contributed by atoms with Gasteiger partial charge in [-0.1, -0.05) is 12.1 Å². The fraction of sp³-hybridized carbons (Fsp3) is 0.500. The van der Waals surface area contributed by atoms with Gasteiger partial charge in [-0.25, -0.2) is 4.39 Å². The summed E-state index contributed by atoms with van der Waals surface area (Å²) in [5.74, 6) is -0.395. The van der Waals surface area contributed by atoms with Gasteiger partial charge in [0.05, 0.1) is 6.10 Å². The quantitative estimate of drug-likeness (QED) is 0.643. The zero-order valence-electron chi connectivity index (χ0n) is 11.2. The highest BCUT2D eigenvalue weighted by Gasteiger charge is 2.19. The van der Waals surface area contributed by atoms with Crippen molar-refractivity contribution in [2.45, 2.75) is 25.5 Å². The van der Waals surface area contributed by atoms with Crippen LogP contribution in [0.25, 0.3) is 0 Å². The molecule has 0 atom stereocenters. The van der Waals surface area contributed by atoms with Crippen molar-refractivity contribution in [1.29, 1.82) is 5.41 Å². The highest BCUT2D eigenvalue weighted by Crippen LogP contribution is 2.18. The number of hydrogen-bond donors (Lipinski definition) is 2. The Morgan fingerprint density at radius 2 is 2.16 bits per heavy atom. The zero-order chi connectivity index (χ0) is 13.8. The number of benzene rings is 1. The van der Waals surface area contributed by atoms with Gasteiger partial charge in [0.25, 0.3) is 0 Å². The van der Waals surface area contributed by atoms with Crippen molar-refractivity contribution >= 4 is 5.84 Å². The molecular formula is C14H20FN3O. The molecule has 19 heavy (non-hydrogen) atoms. The average molecular weight is 265 g/mol. The molecule has 0 bridgehead atoms. The van der Waals surface area contributed by atoms with Crippen LogP contribution in [0.15, 0.2) is 18.2 Å². The minimum atomic E-state index is -0.290. The standard InChI is InChI=1S/C14H20FN3O/c1-19-12-4-6-18(7-5-12)9-11-3-2-10(14(16)17)8-13(11)15/h2-3,8,12H,4-7,9H2,1H3,(H3,16,17). The molecule has 1 aliphatic rings. The minimum absolute atomic E-state index is 0.105. The van der Waals surface area contributed by atoms with Gasteiger partial charge in [0.2, 0.25) is 0 Å². The van der Waals surface area contributed by atoms with Gasteiger partial charge in [-0.15, -0.1) is 0 Å². The monoisotopic (exact) mass is 265 g/mol. The lowest BCUT2D eigenvalue weighted by atomic mass is 10.1. The second-order valence-corrected chi connectivity index (χ2v) is 4.93. The van der Waals surface area contributed by atoms with Gasteiger partial charge in [-0.05, 0) is 18.9 Å². The third-order valence-electron chi connectivity index (χ3n) is 3.63. The zero-order valence-corrected chi connectivity index (χ0v) is 11.2. The number of methoxy groups -OCH3 is 1. The van der Waals surface area contributed by atoms with E-state index in [1.165, 1.54) is 6.07 Å². The van der Waals surface area contributed by atoms with Crippen LogP contribution in [0.2, 0.25) is 0 Å². The molecule has 2 rings (SSSR count). The number of halogens is 1. The van der Waals surface area contributed by atoms with Gasteiger partial charge in [-0.3, -0.25) is 10.3 Å². The van der Waals surface area contributed by atoms with Gasteiger partial charge >= 0.3 is 0 Å². The van der Waals surface area contributed by atoms with E-state index in [-0.39, 0.29) is 11.7 Å². The number of amidine groups is 1. The Balaban J connectivity index is 1.98. The Hall–Kier alpha value is -1.46. The molecule has 1 saturated heterocycles. The van der Waals surface area contributed by atoms with Gasteiger partial charge in [0.15, 0.2) is 0 Å². The summed E-state index contributed by atoms with van der Waals surface area (Å²) in [4.78, 5) is 2.22. The van der Waals surface area contributed by atoms with Crippen molar-refractivity contribution < 1.29 is 9.13 Å². The van der Waals surface area contributed by atoms with Crippen LogP contribution in [-0.4, -0.2) is 37.0 Å². The Morgan fingerprint density at radius 3 is 2.68 bits per heavy atom. The first-order valence-corrected chi connectivity index (χ1v) is 6.48. The van der Waals surface area contributed by atoms with E-state index in [9.17, 15) is 4.39 Å². The predicted molar refractivity (Wildman–Crippen MR) is 72.7 cm³/mol. The lowest BCUT2D eigenvalue weighted by Gasteiger charge is -2.31. The number of piperidine rings is 1. The SMILES string of the molecule is COC1CCN(Cc2ccc(C(=N)N)cc2F)CC1. The van der Waals surface area contributed by atoms with Crippen molar-refractivity contribution in [2.24, 2.45) is 5.73 Å². The van der Waals surface area contributed by atoms with Crippen LogP contribution < -0.4 is 5.73 Å². The molecule has 5 heteroatoms. The van der Waals surface area contributed by atoms with E-state index in [4.69, 9.17) is 15.9 Å². The van der Waals surface area contributed by atoms with E-state index >= 15 is 0 Å². The molecule has 0 amide bonds. The molecule has 1 aliphatic heterocycles. The van der Waals surface area contributed by atoms with E-state index in [1.54, 1.807) is 19.2 Å². The first-order chi connectivity index (χ1) is 9.10. The number of ether oxygens (including phenoxy) is 1. The minimum Gasteiger partial charge on any atom is -0.384 e. The van der Waals surface area contributed by atoms with Crippen LogP contribution in [0.4, 0.5) is 4.39 Å². The molecular weight excluding hydrogens is 245 g/mol. The van der Waals surface area contributed by atoms with Crippen molar-refractivity contribution in [2.75, 3.05) is 20.2 Å². The van der Waals surface area contributed by atoms with Crippen LogP contribution in [-0.2, 0) is 11.3 Å². The number of likely N-dealkylation sites (tertiary alicyclic amines) is 1. The first kappa shape index (κ1) is 14.0. The van der Waals surface area contributed by atoms with Crippen LogP contribution in [0.1, 0.15) is 24.0 Å². The molecule has 1 heterocycles. The molecule has 3 N–H and O–H groups in total. The Kier molecular flexibility index (Phi) is 4.50. The summed E-state index contributed by atoms with van der Waals surface area (Å²) < 4.78 is 19.2. The van der Waals surface area contributed by atoms with Crippen LogP contribution >= 0.6 is 0 Å². The highest BCUT2D eigenvalue weighted by molar-refractivity contribution is 5.94. The lowest BCUT2D eigenvalue weighted by molar-refractivity contribution is 0.0386. The molecule has 0 unspecified atom stereocenters. The molecule has 1 fully saturated rings. The fourth-order valence-corrected chi connectivity index (χ4v) is 2.39. The second kappa shape index (κ2) is 6.12. The maximum Gasteiger partial charge on any atom is 0.128 e. The summed E-state index contributed by atoms with van der Waals surface area (Å²) in [6, 6.07) is 4.75. The molecule has 0 aliphatic carbocycles. The van der Waals surface area contributed by atoms with Gasteiger partial charge in [0.1, 0.15) is 11.7 Å². The van der Waals surface area contributed by atoms with Crippen molar-refractivity contribution in [3.63, 3.8) is 0 Å². The van der Waals surface area contributed by atoms with Crippen molar-refractivity contribution in [1.82, 2.24) is 4.90 Å². The highest BCUT2D eigenvalue weighted by atomic mass is 19.1. The topological polar surface area (TPSA) is 62.3 Å². The lowest BCUT2D eigenvalue weighted by Crippen LogP contribution is -2.36. The van der Waals surface area contributed by atoms with Gasteiger partial charge in [-0.2, -0.15) is 0 Å². The number of nitrogens with zero attached hydrogens (tertiary/aromatic N) is 1. The molecule has 0 aromatic heterocycles. The molecule has 104 valence electrons. The predicted octanol–water partition coefficient (Wildman–Crippen LogP) is 1.72. The Bertz CT molecular complexity index is 456. The van der Waals surface area contributed by atoms with E-state index in [1.807, 2.05) is 0 Å². The third kappa shape index (κ3) is 3.52. The average Bonchev–Trinajstić information content (AvgIpc) is 2.41. The third-order valence-corrected chi connectivity index (χ3v) is 3.63. The summed E-state index contributed by atoms with van der Waals surface area (Å²) >= 11 is 0. The van der Waals surface area contributed by atoms with E-state index in [2.05, 4.69) is 4.90 Å². The molecule has 0 saturated carbocycles. The number of rotatable bonds is 4. The van der Waals surface area contributed by atoms with Crippen molar-refractivity contribution in [3.8, 4) is 0 Å². The number of nitrogens with one attached hydrogen (secondary N) is 1. The first-order valence-electron chi connectivity index (χ1n) is 6.48. The van der Waals surface area contributed by atoms with Crippen molar-refractivity contribution in [3.05, 3.63) is 35.1 Å². The van der Waals surface area contributed by atoms with Gasteiger partial charge in [0, 0.05) is 37.9 Å². The molecule has 0 radical (unpaired) electrons. The molecule has 1 aromatic carbocycles.